The fourth-order valence-corrected chi connectivity index (χ4v) is 0.733. The van der Waals surface area contributed by atoms with Gasteiger partial charge >= 0.3 is 6.03 Å². The number of hydrogen-bond donors (Lipinski definition) is 2. The van der Waals surface area contributed by atoms with Gasteiger partial charge in [0.05, 0.1) is 5.38 Å². The minimum absolute atomic E-state index is 0.396. The average molecular weight is 144 g/mol. The molecule has 0 saturated heterocycles. The molecule has 48 valence electrons. The first-order valence-corrected chi connectivity index (χ1v) is 2.96. The van der Waals surface area contributed by atoms with Gasteiger partial charge in [-0.3, -0.25) is 5.32 Å². The van der Waals surface area contributed by atoms with Crippen LogP contribution in [0.4, 0.5) is 10.6 Å². The standard InChI is InChI=1S/C3H4N4OS/c4-3(8)5-2-1-9-7-6-2/h1H,(H3,4,5,8). The number of nitrogens with one attached hydrogen (secondary N) is 1. The molecule has 1 rings (SSSR count). The summed E-state index contributed by atoms with van der Waals surface area (Å²) >= 11 is 1.15. The molecule has 0 bridgehead atoms. The first-order valence-electron chi connectivity index (χ1n) is 2.12. The van der Waals surface area contributed by atoms with Crippen LogP contribution in [0.1, 0.15) is 0 Å². The highest BCUT2D eigenvalue weighted by Crippen LogP contribution is 2.01. The fourth-order valence-electron chi connectivity index (χ4n) is 0.345. The van der Waals surface area contributed by atoms with Crippen LogP contribution >= 0.6 is 11.5 Å². The highest BCUT2D eigenvalue weighted by Gasteiger charge is 1.95. The van der Waals surface area contributed by atoms with Crippen LogP contribution < -0.4 is 11.1 Å². The third-order valence-corrected chi connectivity index (χ3v) is 1.12. The number of nitrogens with zero attached hydrogens (tertiary/aromatic N) is 2. The van der Waals surface area contributed by atoms with Crippen LogP contribution in [-0.4, -0.2) is 15.6 Å². The van der Waals surface area contributed by atoms with E-state index in [2.05, 4.69) is 14.9 Å². The molecule has 0 aromatic carbocycles. The van der Waals surface area contributed by atoms with Crippen LogP contribution in [0.25, 0.3) is 0 Å². The number of carbonyl (C=O) groups excluding carboxylic acids is 1. The zero-order chi connectivity index (χ0) is 6.69. The summed E-state index contributed by atoms with van der Waals surface area (Å²) in [4.78, 5) is 10.1. The lowest BCUT2D eigenvalue weighted by molar-refractivity contribution is 0.259. The summed E-state index contributed by atoms with van der Waals surface area (Å²) in [6, 6.07) is -0.623. The summed E-state index contributed by atoms with van der Waals surface area (Å²) < 4.78 is 3.50. The Bertz CT molecular complexity index is 196. The highest BCUT2D eigenvalue weighted by atomic mass is 32.1. The van der Waals surface area contributed by atoms with Gasteiger partial charge in [-0.25, -0.2) is 4.79 Å². The van der Waals surface area contributed by atoms with Crippen molar-refractivity contribution in [1.82, 2.24) is 9.59 Å². The summed E-state index contributed by atoms with van der Waals surface area (Å²) in [5, 5.41) is 7.36. The van der Waals surface area contributed by atoms with Crippen molar-refractivity contribution in [3.8, 4) is 0 Å². The van der Waals surface area contributed by atoms with Crippen molar-refractivity contribution >= 4 is 23.4 Å². The fraction of sp³-hybridized carbons (Fsp3) is 0. The number of amides is 2. The van der Waals surface area contributed by atoms with Gasteiger partial charge in [0.15, 0.2) is 5.82 Å². The van der Waals surface area contributed by atoms with Crippen molar-refractivity contribution in [1.29, 1.82) is 0 Å². The molecule has 0 aliphatic carbocycles. The van der Waals surface area contributed by atoms with Crippen molar-refractivity contribution in [3.05, 3.63) is 5.38 Å². The molecule has 0 saturated carbocycles. The second kappa shape index (κ2) is 2.40. The molecule has 5 nitrogen and oxygen atoms in total. The Balaban J connectivity index is 2.58. The monoisotopic (exact) mass is 144 g/mol. The number of hydrogen-bond acceptors (Lipinski definition) is 4. The summed E-state index contributed by atoms with van der Waals surface area (Å²) in [7, 11) is 0. The quantitative estimate of drug-likeness (QED) is 0.583. The first-order chi connectivity index (χ1) is 4.29. The number of carbonyl (C=O) groups is 1. The molecule has 1 heterocycles. The number of primary amides is 1. The van der Waals surface area contributed by atoms with Crippen molar-refractivity contribution in [2.24, 2.45) is 5.73 Å². The molecule has 0 aliphatic rings. The Labute approximate surface area is 55.0 Å². The van der Waals surface area contributed by atoms with Crippen LogP contribution in [0.15, 0.2) is 5.38 Å². The molecule has 3 N–H and O–H groups in total. The van der Waals surface area contributed by atoms with Crippen LogP contribution in [-0.2, 0) is 0 Å². The molecular formula is C3H4N4OS. The van der Waals surface area contributed by atoms with Gasteiger partial charge in [0.25, 0.3) is 0 Å². The zero-order valence-electron chi connectivity index (χ0n) is 4.37. The van der Waals surface area contributed by atoms with E-state index in [9.17, 15) is 4.79 Å². The predicted octanol–water partition coefficient (Wildman–Crippen LogP) is 0.0287. The topological polar surface area (TPSA) is 80.9 Å². The van der Waals surface area contributed by atoms with Crippen LogP contribution in [0, 0.1) is 0 Å². The number of rotatable bonds is 1. The Hall–Kier alpha value is -1.17. The van der Waals surface area contributed by atoms with Crippen LogP contribution in [0.2, 0.25) is 0 Å². The lowest BCUT2D eigenvalue weighted by atomic mass is 10.8. The van der Waals surface area contributed by atoms with Crippen molar-refractivity contribution in [2.75, 3.05) is 5.32 Å². The normalized spacial score (nSPS) is 8.89. The molecule has 0 fully saturated rings. The molecule has 2 amide bonds. The first kappa shape index (κ1) is 5.96. The molecule has 9 heavy (non-hydrogen) atoms. The summed E-state index contributed by atoms with van der Waals surface area (Å²) in [6.45, 7) is 0. The minimum atomic E-state index is -0.623. The number of aromatic nitrogens is 2. The maximum Gasteiger partial charge on any atom is 0.317 e. The maximum absolute atomic E-state index is 10.1. The number of urea groups is 1. The Morgan fingerprint density at radius 1 is 1.89 bits per heavy atom. The molecule has 0 aliphatic heterocycles. The second-order valence-corrected chi connectivity index (χ2v) is 1.89. The van der Waals surface area contributed by atoms with Gasteiger partial charge in [0, 0.05) is 0 Å². The minimum Gasteiger partial charge on any atom is -0.351 e. The molecule has 1 aromatic heterocycles. The lowest BCUT2D eigenvalue weighted by Crippen LogP contribution is -2.19. The van der Waals surface area contributed by atoms with E-state index in [1.165, 1.54) is 0 Å². The summed E-state index contributed by atoms with van der Waals surface area (Å²) in [6.07, 6.45) is 0. The Kier molecular flexibility index (Phi) is 1.59. The van der Waals surface area contributed by atoms with Gasteiger partial charge in [-0.05, 0) is 11.5 Å². The summed E-state index contributed by atoms with van der Waals surface area (Å²) in [5.74, 6) is 0.396. The van der Waals surface area contributed by atoms with Crippen LogP contribution in [0.3, 0.4) is 0 Å². The van der Waals surface area contributed by atoms with Crippen LogP contribution in [0.5, 0.6) is 0 Å². The highest BCUT2D eigenvalue weighted by molar-refractivity contribution is 7.03. The SMILES string of the molecule is NC(=O)Nc1csnn1. The smallest absolute Gasteiger partial charge is 0.317 e. The van der Waals surface area contributed by atoms with E-state index in [4.69, 9.17) is 5.73 Å². The lowest BCUT2D eigenvalue weighted by Gasteiger charge is -1.89. The maximum atomic E-state index is 10.1. The molecule has 0 atom stereocenters. The van der Waals surface area contributed by atoms with Gasteiger partial charge in [0.2, 0.25) is 0 Å². The molecule has 0 spiro atoms. The third-order valence-electron chi connectivity index (χ3n) is 0.611. The zero-order valence-corrected chi connectivity index (χ0v) is 5.18. The third kappa shape index (κ3) is 1.65. The molecular weight excluding hydrogens is 140 g/mol. The Morgan fingerprint density at radius 3 is 3.11 bits per heavy atom. The number of nitrogens with two attached hydrogens (primary N) is 1. The largest absolute Gasteiger partial charge is 0.351 e. The van der Waals surface area contributed by atoms with Gasteiger partial charge in [-0.2, -0.15) is 0 Å². The molecule has 1 aromatic rings. The van der Waals surface area contributed by atoms with E-state index in [1.54, 1.807) is 5.38 Å². The van der Waals surface area contributed by atoms with Gasteiger partial charge < -0.3 is 5.73 Å². The van der Waals surface area contributed by atoms with Gasteiger partial charge in [0.1, 0.15) is 0 Å². The Morgan fingerprint density at radius 2 is 2.67 bits per heavy atom. The van der Waals surface area contributed by atoms with Crippen molar-refractivity contribution in [3.63, 3.8) is 0 Å². The van der Waals surface area contributed by atoms with E-state index in [0.717, 1.165) is 11.5 Å². The van der Waals surface area contributed by atoms with E-state index in [0.29, 0.717) is 5.82 Å². The predicted molar refractivity (Wildman–Crippen MR) is 33.1 cm³/mol. The summed E-state index contributed by atoms with van der Waals surface area (Å²) in [5.41, 5.74) is 4.77. The van der Waals surface area contributed by atoms with E-state index in [1.807, 2.05) is 0 Å². The van der Waals surface area contributed by atoms with E-state index < -0.39 is 6.03 Å². The number of anilines is 1. The molecule has 0 unspecified atom stereocenters. The molecule has 0 radical (unpaired) electrons. The van der Waals surface area contributed by atoms with Crippen molar-refractivity contribution < 1.29 is 4.79 Å². The van der Waals surface area contributed by atoms with E-state index >= 15 is 0 Å². The second-order valence-electron chi connectivity index (χ2n) is 1.28. The average Bonchev–Trinajstić information content (AvgIpc) is 2.15. The van der Waals surface area contributed by atoms with E-state index in [-0.39, 0.29) is 0 Å². The van der Waals surface area contributed by atoms with Crippen molar-refractivity contribution in [2.45, 2.75) is 0 Å². The van der Waals surface area contributed by atoms with Gasteiger partial charge in [-0.1, -0.05) is 4.49 Å². The van der Waals surface area contributed by atoms with Gasteiger partial charge in [-0.15, -0.1) is 5.10 Å². The molecule has 6 heteroatoms.